The average Bonchev–Trinajstić information content (AvgIpc) is 3.17. The lowest BCUT2D eigenvalue weighted by molar-refractivity contribution is -0.123. The van der Waals surface area contributed by atoms with E-state index in [1.807, 2.05) is 12.1 Å². The van der Waals surface area contributed by atoms with E-state index in [9.17, 15) is 4.79 Å². The van der Waals surface area contributed by atoms with Crippen LogP contribution in [0.2, 0.25) is 5.02 Å². The van der Waals surface area contributed by atoms with Gasteiger partial charge in [0.2, 0.25) is 0 Å². The number of nitrogens with one attached hydrogen (secondary N) is 1. The predicted octanol–water partition coefficient (Wildman–Crippen LogP) is 4.37. The summed E-state index contributed by atoms with van der Waals surface area (Å²) in [5.74, 6) is 1.19. The average molecular weight is 393 g/mol. The predicted molar refractivity (Wildman–Crippen MR) is 107 cm³/mol. The van der Waals surface area contributed by atoms with Gasteiger partial charge in [0.25, 0.3) is 5.91 Å². The Bertz CT molecular complexity index is 700. The van der Waals surface area contributed by atoms with Crippen molar-refractivity contribution < 1.29 is 9.53 Å². The highest BCUT2D eigenvalue weighted by Crippen LogP contribution is 2.29. The summed E-state index contributed by atoms with van der Waals surface area (Å²) in [7, 11) is 0. The SMILES string of the molecule is CC1CCN([C@H](CNC(=O)COc2ccccc2Cl)c2cccs2)CC1. The van der Waals surface area contributed by atoms with Gasteiger partial charge in [-0.3, -0.25) is 9.69 Å². The number of rotatable bonds is 7. The van der Waals surface area contributed by atoms with Crippen LogP contribution in [0.4, 0.5) is 0 Å². The van der Waals surface area contributed by atoms with Crippen LogP contribution < -0.4 is 10.1 Å². The van der Waals surface area contributed by atoms with Crippen LogP contribution in [0.1, 0.15) is 30.7 Å². The van der Waals surface area contributed by atoms with Crippen molar-refractivity contribution in [3.8, 4) is 5.75 Å². The largest absolute Gasteiger partial charge is 0.482 e. The lowest BCUT2D eigenvalue weighted by Gasteiger charge is -2.36. The van der Waals surface area contributed by atoms with Gasteiger partial charge in [0.1, 0.15) is 5.75 Å². The van der Waals surface area contributed by atoms with Crippen molar-refractivity contribution in [3.05, 3.63) is 51.7 Å². The van der Waals surface area contributed by atoms with E-state index in [0.717, 1.165) is 19.0 Å². The number of piperidine rings is 1. The smallest absolute Gasteiger partial charge is 0.258 e. The molecule has 1 saturated heterocycles. The van der Waals surface area contributed by atoms with E-state index in [1.165, 1.54) is 17.7 Å². The van der Waals surface area contributed by atoms with Gasteiger partial charge in [-0.25, -0.2) is 0 Å². The van der Waals surface area contributed by atoms with Gasteiger partial charge in [0.05, 0.1) is 11.1 Å². The van der Waals surface area contributed by atoms with Gasteiger partial charge in [-0.05, 0) is 55.4 Å². The quantitative estimate of drug-likeness (QED) is 0.760. The van der Waals surface area contributed by atoms with E-state index in [0.29, 0.717) is 17.3 Å². The van der Waals surface area contributed by atoms with Crippen molar-refractivity contribution in [3.63, 3.8) is 0 Å². The summed E-state index contributed by atoms with van der Waals surface area (Å²) in [4.78, 5) is 16.0. The Balaban J connectivity index is 1.54. The van der Waals surface area contributed by atoms with Crippen LogP contribution in [0.5, 0.6) is 5.75 Å². The molecule has 0 bridgehead atoms. The molecule has 0 saturated carbocycles. The molecule has 140 valence electrons. The topological polar surface area (TPSA) is 41.6 Å². The number of carbonyl (C=O) groups excluding carboxylic acids is 1. The number of para-hydroxylation sites is 1. The molecule has 6 heteroatoms. The lowest BCUT2D eigenvalue weighted by Crippen LogP contribution is -2.42. The van der Waals surface area contributed by atoms with Crippen LogP contribution in [0, 0.1) is 5.92 Å². The Kier molecular flexibility index (Phi) is 6.94. The molecule has 4 nitrogen and oxygen atoms in total. The van der Waals surface area contributed by atoms with Gasteiger partial charge in [-0.1, -0.05) is 36.7 Å². The number of ether oxygens (including phenoxy) is 1. The molecule has 1 aromatic carbocycles. The molecule has 0 aliphatic carbocycles. The highest BCUT2D eigenvalue weighted by Gasteiger charge is 2.25. The maximum absolute atomic E-state index is 12.2. The first-order valence-corrected chi connectivity index (χ1v) is 10.3. The third-order valence-electron chi connectivity index (χ3n) is 4.82. The molecule has 2 heterocycles. The molecule has 0 radical (unpaired) electrons. The van der Waals surface area contributed by atoms with E-state index in [1.54, 1.807) is 23.5 Å². The van der Waals surface area contributed by atoms with Gasteiger partial charge in [0, 0.05) is 11.4 Å². The third kappa shape index (κ3) is 5.22. The summed E-state index contributed by atoms with van der Waals surface area (Å²) in [6.45, 7) is 5.04. The summed E-state index contributed by atoms with van der Waals surface area (Å²) < 4.78 is 5.53. The maximum Gasteiger partial charge on any atom is 0.258 e. The third-order valence-corrected chi connectivity index (χ3v) is 6.10. The van der Waals surface area contributed by atoms with Gasteiger partial charge in [-0.15, -0.1) is 11.3 Å². The molecule has 1 aliphatic rings. The normalized spacial score (nSPS) is 17.0. The van der Waals surface area contributed by atoms with Gasteiger partial charge < -0.3 is 10.1 Å². The number of likely N-dealkylation sites (tertiary alicyclic amines) is 1. The zero-order chi connectivity index (χ0) is 18.4. The molecule has 1 aromatic heterocycles. The lowest BCUT2D eigenvalue weighted by atomic mass is 9.97. The molecule has 0 spiro atoms. The summed E-state index contributed by atoms with van der Waals surface area (Å²) in [6, 6.07) is 11.6. The fourth-order valence-corrected chi connectivity index (χ4v) is 4.25. The van der Waals surface area contributed by atoms with Crippen LogP contribution in [0.25, 0.3) is 0 Å². The zero-order valence-electron chi connectivity index (χ0n) is 15.0. The molecule has 1 atom stereocenters. The van der Waals surface area contributed by atoms with Crippen LogP contribution >= 0.6 is 22.9 Å². The molecule has 2 aromatic rings. The molecule has 1 fully saturated rings. The number of nitrogens with zero attached hydrogens (tertiary/aromatic N) is 1. The Labute approximate surface area is 164 Å². The van der Waals surface area contributed by atoms with Crippen LogP contribution in [-0.2, 0) is 4.79 Å². The van der Waals surface area contributed by atoms with E-state index < -0.39 is 0 Å². The van der Waals surface area contributed by atoms with Gasteiger partial charge in [0.15, 0.2) is 6.61 Å². The minimum Gasteiger partial charge on any atom is -0.482 e. The van der Waals surface area contributed by atoms with Crippen LogP contribution in [0.3, 0.4) is 0 Å². The molecule has 1 aliphatic heterocycles. The number of halogens is 1. The molecule has 1 amide bonds. The number of hydrogen-bond donors (Lipinski definition) is 1. The zero-order valence-corrected chi connectivity index (χ0v) is 16.6. The first kappa shape index (κ1) is 19.2. The van der Waals surface area contributed by atoms with Crippen molar-refractivity contribution in [2.75, 3.05) is 26.2 Å². The minimum atomic E-state index is -0.128. The second-order valence-corrected chi connectivity index (χ2v) is 8.16. The summed E-state index contributed by atoms with van der Waals surface area (Å²) in [5.41, 5.74) is 0. The minimum absolute atomic E-state index is 0.0298. The standard InChI is InChI=1S/C20H25ClN2O2S/c1-15-8-10-23(11-9-15)17(19-7-4-12-26-19)13-22-20(24)14-25-18-6-3-2-5-16(18)21/h2-7,12,15,17H,8-11,13-14H2,1H3,(H,22,24)/t17-/m1/s1. The van der Waals surface area contributed by atoms with Crippen molar-refractivity contribution in [1.82, 2.24) is 10.2 Å². The summed E-state index contributed by atoms with van der Waals surface area (Å²) in [5, 5.41) is 5.63. The van der Waals surface area contributed by atoms with Crippen molar-refractivity contribution in [1.29, 1.82) is 0 Å². The molecule has 0 unspecified atom stereocenters. The summed E-state index contributed by atoms with van der Waals surface area (Å²) >= 11 is 7.80. The molecule has 3 rings (SSSR count). The van der Waals surface area contributed by atoms with Gasteiger partial charge >= 0.3 is 0 Å². The Hall–Kier alpha value is -1.56. The van der Waals surface area contributed by atoms with Crippen LogP contribution in [-0.4, -0.2) is 37.0 Å². The molecule has 1 N–H and O–H groups in total. The monoisotopic (exact) mass is 392 g/mol. The highest BCUT2D eigenvalue weighted by molar-refractivity contribution is 7.10. The molecule has 26 heavy (non-hydrogen) atoms. The van der Waals surface area contributed by atoms with Crippen molar-refractivity contribution in [2.45, 2.75) is 25.8 Å². The summed E-state index contributed by atoms with van der Waals surface area (Å²) in [6.07, 6.45) is 2.43. The van der Waals surface area contributed by atoms with E-state index in [-0.39, 0.29) is 18.6 Å². The second-order valence-electron chi connectivity index (χ2n) is 6.77. The molecular weight excluding hydrogens is 368 g/mol. The van der Waals surface area contributed by atoms with Crippen molar-refractivity contribution in [2.24, 2.45) is 5.92 Å². The fraction of sp³-hybridized carbons (Fsp3) is 0.450. The first-order valence-electron chi connectivity index (χ1n) is 9.05. The van der Waals surface area contributed by atoms with E-state index in [4.69, 9.17) is 16.3 Å². The number of amides is 1. The van der Waals surface area contributed by atoms with Gasteiger partial charge in [-0.2, -0.15) is 0 Å². The van der Waals surface area contributed by atoms with Crippen molar-refractivity contribution >= 4 is 28.8 Å². The van der Waals surface area contributed by atoms with E-state index in [2.05, 4.69) is 34.7 Å². The highest BCUT2D eigenvalue weighted by atomic mass is 35.5. The van der Waals surface area contributed by atoms with Crippen LogP contribution in [0.15, 0.2) is 41.8 Å². The second kappa shape index (κ2) is 9.40. The number of hydrogen-bond acceptors (Lipinski definition) is 4. The first-order chi connectivity index (χ1) is 12.6. The Morgan fingerprint density at radius 2 is 2.08 bits per heavy atom. The number of thiophene rings is 1. The number of benzene rings is 1. The maximum atomic E-state index is 12.2. The van der Waals surface area contributed by atoms with E-state index >= 15 is 0 Å². The fourth-order valence-electron chi connectivity index (χ4n) is 3.20. The molecular formula is C20H25ClN2O2S. The number of carbonyl (C=O) groups is 1. The Morgan fingerprint density at radius 3 is 2.77 bits per heavy atom. The Morgan fingerprint density at radius 1 is 1.31 bits per heavy atom.